The van der Waals surface area contributed by atoms with E-state index >= 15 is 0 Å². The van der Waals surface area contributed by atoms with Crippen LogP contribution >= 0.6 is 0 Å². The molecule has 9 heteroatoms. The Kier molecular flexibility index (Phi) is 8.01. The third-order valence-corrected chi connectivity index (χ3v) is 4.79. The van der Waals surface area contributed by atoms with Crippen LogP contribution in [0.3, 0.4) is 0 Å². The van der Waals surface area contributed by atoms with Crippen molar-refractivity contribution in [1.82, 2.24) is 20.0 Å². The van der Waals surface area contributed by atoms with Crippen molar-refractivity contribution in [1.29, 1.82) is 0 Å². The number of amides is 3. The van der Waals surface area contributed by atoms with Gasteiger partial charge in [0.15, 0.2) is 0 Å². The average Bonchev–Trinajstić information content (AvgIpc) is 3.20. The molecule has 1 aromatic heterocycles. The molecule has 180 valence electrons. The Morgan fingerprint density at radius 1 is 1.09 bits per heavy atom. The smallest absolute Gasteiger partial charge is 0.318 e. The number of rotatable bonds is 8. The highest BCUT2D eigenvalue weighted by Gasteiger charge is 2.22. The first-order chi connectivity index (χ1) is 16.2. The van der Waals surface area contributed by atoms with Crippen LogP contribution in [0.25, 0.3) is 16.9 Å². The number of aromatic nitrogens is 2. The zero-order valence-electron chi connectivity index (χ0n) is 19.8. The largest absolute Gasteiger partial charge is 0.383 e. The molecule has 0 unspecified atom stereocenters. The molecule has 0 fully saturated rings. The van der Waals surface area contributed by atoms with Crippen molar-refractivity contribution < 1.29 is 18.7 Å². The fourth-order valence-corrected chi connectivity index (χ4v) is 3.21. The van der Waals surface area contributed by atoms with E-state index in [-0.39, 0.29) is 31.5 Å². The highest BCUT2D eigenvalue weighted by Crippen LogP contribution is 2.25. The number of carbonyl (C=O) groups is 2. The van der Waals surface area contributed by atoms with Crippen LogP contribution in [0.4, 0.5) is 15.0 Å². The molecule has 3 amide bonds. The molecule has 3 aromatic rings. The number of urea groups is 1. The van der Waals surface area contributed by atoms with Crippen LogP contribution < -0.4 is 10.6 Å². The first-order valence-electron chi connectivity index (χ1n) is 10.9. The highest BCUT2D eigenvalue weighted by molar-refractivity contribution is 5.94. The molecule has 0 aliphatic carbocycles. The van der Waals surface area contributed by atoms with Gasteiger partial charge in [-0.15, -0.1) is 0 Å². The van der Waals surface area contributed by atoms with Crippen molar-refractivity contribution in [3.05, 3.63) is 66.5 Å². The predicted octanol–water partition coefficient (Wildman–Crippen LogP) is 4.07. The van der Waals surface area contributed by atoms with Gasteiger partial charge >= 0.3 is 6.03 Å². The molecule has 0 atom stereocenters. The third-order valence-electron chi connectivity index (χ3n) is 4.79. The number of ether oxygens (including phenoxy) is 1. The number of benzene rings is 2. The van der Waals surface area contributed by atoms with Crippen LogP contribution in [0.2, 0.25) is 0 Å². The number of halogens is 1. The predicted molar refractivity (Wildman–Crippen MR) is 129 cm³/mol. The molecule has 0 bridgehead atoms. The summed E-state index contributed by atoms with van der Waals surface area (Å²) in [6, 6.07) is 16.7. The Labute approximate surface area is 198 Å². The van der Waals surface area contributed by atoms with E-state index in [0.717, 1.165) is 5.56 Å². The quantitative estimate of drug-likeness (QED) is 0.523. The zero-order valence-corrected chi connectivity index (χ0v) is 19.8. The number of nitrogens with one attached hydrogen (secondary N) is 2. The van der Waals surface area contributed by atoms with E-state index in [1.807, 2.05) is 51.1 Å². The van der Waals surface area contributed by atoms with Crippen LogP contribution in [-0.2, 0) is 9.53 Å². The number of hydrogen-bond donors (Lipinski definition) is 2. The monoisotopic (exact) mass is 467 g/mol. The molecule has 0 aliphatic heterocycles. The lowest BCUT2D eigenvalue weighted by molar-refractivity contribution is -0.116. The summed E-state index contributed by atoms with van der Waals surface area (Å²) in [6.07, 6.45) is 0. The maximum absolute atomic E-state index is 13.5. The maximum Gasteiger partial charge on any atom is 0.318 e. The van der Waals surface area contributed by atoms with E-state index in [1.54, 1.807) is 18.2 Å². The van der Waals surface area contributed by atoms with Crippen LogP contribution in [0.1, 0.15) is 20.8 Å². The summed E-state index contributed by atoms with van der Waals surface area (Å²) in [6.45, 7) is 5.96. The molecule has 8 nitrogen and oxygen atoms in total. The molecule has 0 radical (unpaired) electrons. The normalized spacial score (nSPS) is 11.2. The summed E-state index contributed by atoms with van der Waals surface area (Å²) < 4.78 is 20.1. The van der Waals surface area contributed by atoms with Gasteiger partial charge in [0, 0.05) is 30.8 Å². The highest BCUT2D eigenvalue weighted by atomic mass is 19.1. The van der Waals surface area contributed by atoms with Crippen molar-refractivity contribution in [2.24, 2.45) is 0 Å². The second-order valence-corrected chi connectivity index (χ2v) is 8.81. The summed E-state index contributed by atoms with van der Waals surface area (Å²) in [5.74, 6) is -0.371. The summed E-state index contributed by atoms with van der Waals surface area (Å²) in [7, 11) is 1.53. The van der Waals surface area contributed by atoms with Crippen molar-refractivity contribution in [3.8, 4) is 16.9 Å². The maximum atomic E-state index is 13.5. The van der Waals surface area contributed by atoms with Crippen molar-refractivity contribution in [3.63, 3.8) is 0 Å². The molecule has 0 spiro atoms. The average molecular weight is 468 g/mol. The van der Waals surface area contributed by atoms with Crippen LogP contribution in [0.5, 0.6) is 0 Å². The Hall–Kier alpha value is -3.72. The van der Waals surface area contributed by atoms with Crippen LogP contribution in [-0.4, -0.2) is 59.0 Å². The fraction of sp³-hybridized carbons (Fsp3) is 0.320. The Balaban J connectivity index is 1.85. The SMILES string of the molecule is COCCN(CC(=O)Nc1cc(-c2ccccc2)nn1-c1ccc(F)cc1)C(=O)NC(C)(C)C. The number of methoxy groups -OCH3 is 1. The Morgan fingerprint density at radius 3 is 2.38 bits per heavy atom. The van der Waals surface area contributed by atoms with E-state index in [9.17, 15) is 14.0 Å². The van der Waals surface area contributed by atoms with Gasteiger partial charge in [0.25, 0.3) is 0 Å². The molecule has 2 N–H and O–H groups in total. The van der Waals surface area contributed by atoms with Crippen molar-refractivity contribution >= 4 is 17.8 Å². The molecule has 1 heterocycles. The standard InChI is InChI=1S/C25H30FN5O3/c1-25(2,3)28-24(33)30(14-15-34-4)17-23(32)27-22-16-21(18-8-6-5-7-9-18)29-31(22)20-12-10-19(26)11-13-20/h5-13,16H,14-15,17H2,1-4H3,(H,27,32)(H,28,33). The summed E-state index contributed by atoms with van der Waals surface area (Å²) >= 11 is 0. The van der Waals surface area contributed by atoms with Gasteiger partial charge in [-0.3, -0.25) is 4.79 Å². The minimum absolute atomic E-state index is 0.180. The number of nitrogens with zero attached hydrogens (tertiary/aromatic N) is 3. The second kappa shape index (κ2) is 10.9. The molecular formula is C25H30FN5O3. The first kappa shape index (κ1) is 24.9. The number of carbonyl (C=O) groups excluding carboxylic acids is 2. The topological polar surface area (TPSA) is 88.5 Å². The number of anilines is 1. The summed E-state index contributed by atoms with van der Waals surface area (Å²) in [5, 5.41) is 10.3. The first-order valence-corrected chi connectivity index (χ1v) is 10.9. The summed E-state index contributed by atoms with van der Waals surface area (Å²) in [5.41, 5.74) is 1.64. The Morgan fingerprint density at radius 2 is 1.76 bits per heavy atom. The van der Waals surface area contributed by atoms with E-state index in [1.165, 1.54) is 28.8 Å². The van der Waals surface area contributed by atoms with E-state index in [0.29, 0.717) is 17.2 Å². The molecule has 2 aromatic carbocycles. The molecule has 3 rings (SSSR count). The lowest BCUT2D eigenvalue weighted by Gasteiger charge is -2.28. The van der Waals surface area contributed by atoms with Gasteiger partial charge in [-0.1, -0.05) is 30.3 Å². The molecular weight excluding hydrogens is 437 g/mol. The minimum atomic E-state index is -0.454. The lowest BCUT2D eigenvalue weighted by atomic mass is 10.1. The minimum Gasteiger partial charge on any atom is -0.383 e. The van der Waals surface area contributed by atoms with Crippen LogP contribution in [0.15, 0.2) is 60.7 Å². The van der Waals surface area contributed by atoms with E-state index in [4.69, 9.17) is 4.74 Å². The molecule has 0 aliphatic rings. The second-order valence-electron chi connectivity index (χ2n) is 8.81. The lowest BCUT2D eigenvalue weighted by Crippen LogP contribution is -2.51. The van der Waals surface area contributed by atoms with Gasteiger partial charge < -0.3 is 20.3 Å². The van der Waals surface area contributed by atoms with Gasteiger partial charge in [-0.05, 0) is 45.0 Å². The van der Waals surface area contributed by atoms with Crippen molar-refractivity contribution in [2.45, 2.75) is 26.3 Å². The van der Waals surface area contributed by atoms with Crippen LogP contribution in [0, 0.1) is 5.82 Å². The number of hydrogen-bond acceptors (Lipinski definition) is 4. The fourth-order valence-electron chi connectivity index (χ4n) is 3.21. The van der Waals surface area contributed by atoms with Gasteiger partial charge in [-0.2, -0.15) is 5.10 Å². The molecule has 0 saturated carbocycles. The van der Waals surface area contributed by atoms with Crippen molar-refractivity contribution in [2.75, 3.05) is 32.1 Å². The zero-order chi connectivity index (χ0) is 24.7. The van der Waals surface area contributed by atoms with Gasteiger partial charge in [0.05, 0.1) is 18.0 Å². The molecule has 0 saturated heterocycles. The van der Waals surface area contributed by atoms with E-state index in [2.05, 4.69) is 15.7 Å². The Bertz CT molecular complexity index is 1110. The van der Waals surface area contributed by atoms with Gasteiger partial charge in [0.2, 0.25) is 5.91 Å². The van der Waals surface area contributed by atoms with Gasteiger partial charge in [-0.25, -0.2) is 13.9 Å². The van der Waals surface area contributed by atoms with Gasteiger partial charge in [0.1, 0.15) is 18.2 Å². The summed E-state index contributed by atoms with van der Waals surface area (Å²) in [4.78, 5) is 27.0. The van der Waals surface area contributed by atoms with E-state index < -0.39 is 11.4 Å². The molecule has 34 heavy (non-hydrogen) atoms. The third kappa shape index (κ3) is 6.89.